The number of rotatable bonds is 7. The van der Waals surface area contributed by atoms with E-state index in [-0.39, 0.29) is 42.5 Å². The Labute approximate surface area is 235 Å². The summed E-state index contributed by atoms with van der Waals surface area (Å²) >= 11 is 0. The van der Waals surface area contributed by atoms with Crippen molar-refractivity contribution in [3.05, 3.63) is 77.3 Å². The van der Waals surface area contributed by atoms with Gasteiger partial charge in [0.2, 0.25) is 5.91 Å². The van der Waals surface area contributed by atoms with Gasteiger partial charge in [-0.2, -0.15) is 8.78 Å². The minimum Gasteiger partial charge on any atom is -0.434 e. The molecule has 1 N–H and O–H groups in total. The van der Waals surface area contributed by atoms with E-state index in [2.05, 4.69) is 19.9 Å². The second-order valence-electron chi connectivity index (χ2n) is 10.8. The van der Waals surface area contributed by atoms with Crippen LogP contribution in [0.1, 0.15) is 42.6 Å². The molecule has 11 heteroatoms. The highest BCUT2D eigenvalue weighted by Crippen LogP contribution is 2.47. The van der Waals surface area contributed by atoms with Gasteiger partial charge in [-0.05, 0) is 36.1 Å². The second kappa shape index (κ2) is 10.8. The van der Waals surface area contributed by atoms with Crippen LogP contribution in [0.25, 0.3) is 15.7 Å². The van der Waals surface area contributed by atoms with Gasteiger partial charge < -0.3 is 15.0 Å². The number of para-hydroxylation sites is 1. The zero-order chi connectivity index (χ0) is 29.5. The van der Waals surface area contributed by atoms with Gasteiger partial charge in [0, 0.05) is 36.9 Å². The number of likely N-dealkylation sites (tertiary alicyclic amines) is 1. The summed E-state index contributed by atoms with van der Waals surface area (Å²) in [6.07, 6.45) is 0.959. The third-order valence-electron chi connectivity index (χ3n) is 7.81. The molecule has 0 unspecified atom stereocenters. The standard InChI is InChI=1S/C30H29F2N5O4/c1-17(2)12-23(36(4)26(38)19-13-18-8-7-11-34-22(18)14-24(19)41-29(31)32)27(39)37-16-30(15-25(37)33-3)20-9-5-6-10-21(20)35-28(30)40/h5-11,13-14,17,23,25,29H,12,15-16H2,1-2,4H3,(H,35,40)/t23-,25-,30-/m0/s1. The van der Waals surface area contributed by atoms with Crippen LogP contribution in [-0.2, 0) is 15.0 Å². The molecule has 9 nitrogen and oxygen atoms in total. The molecule has 1 aromatic heterocycles. The number of carbonyl (C=O) groups excluding carboxylic acids is 3. The summed E-state index contributed by atoms with van der Waals surface area (Å²) in [7, 11) is 1.43. The van der Waals surface area contributed by atoms with E-state index in [1.54, 1.807) is 24.3 Å². The first kappa shape index (κ1) is 28.0. The Hall–Kier alpha value is -4.59. The fraction of sp³-hybridized carbons (Fsp3) is 0.367. The van der Waals surface area contributed by atoms with Gasteiger partial charge in [0.15, 0.2) is 0 Å². The minimum absolute atomic E-state index is 0.0141. The van der Waals surface area contributed by atoms with Gasteiger partial charge in [0.1, 0.15) is 17.2 Å². The van der Waals surface area contributed by atoms with Gasteiger partial charge in [-0.25, -0.2) is 6.57 Å². The van der Waals surface area contributed by atoms with Crippen LogP contribution in [0.3, 0.4) is 0 Å². The summed E-state index contributed by atoms with van der Waals surface area (Å²) in [5, 5.41) is 3.41. The van der Waals surface area contributed by atoms with E-state index in [4.69, 9.17) is 6.57 Å². The molecule has 0 radical (unpaired) electrons. The summed E-state index contributed by atoms with van der Waals surface area (Å²) in [6.45, 7) is 8.42. The first-order valence-corrected chi connectivity index (χ1v) is 13.2. The fourth-order valence-corrected chi connectivity index (χ4v) is 5.81. The highest BCUT2D eigenvalue weighted by Gasteiger charge is 2.59. The Kier molecular flexibility index (Phi) is 7.34. The van der Waals surface area contributed by atoms with E-state index in [1.807, 2.05) is 26.0 Å². The molecule has 1 spiro atoms. The average molecular weight is 562 g/mol. The lowest BCUT2D eigenvalue weighted by Crippen LogP contribution is -2.51. The summed E-state index contributed by atoms with van der Waals surface area (Å²) in [6, 6.07) is 12.2. The summed E-state index contributed by atoms with van der Waals surface area (Å²) in [4.78, 5) is 51.6. The number of aromatic nitrogens is 1. The van der Waals surface area contributed by atoms with Crippen LogP contribution in [-0.4, -0.2) is 64.9 Å². The number of fused-ring (bicyclic) bond motifs is 3. The first-order chi connectivity index (χ1) is 19.6. The Morgan fingerprint density at radius 2 is 2.00 bits per heavy atom. The number of hydrogen-bond donors (Lipinski definition) is 1. The van der Waals surface area contributed by atoms with Crippen molar-refractivity contribution >= 4 is 34.3 Å². The third-order valence-corrected chi connectivity index (χ3v) is 7.81. The van der Waals surface area contributed by atoms with Crippen LogP contribution in [0, 0.1) is 12.5 Å². The number of ether oxygens (including phenoxy) is 1. The molecule has 0 saturated carbocycles. The Bertz CT molecular complexity index is 1570. The SMILES string of the molecule is [C-]#[N+][C@@H]1C[C@@]2(CN1C(=O)[C@H](CC(C)C)N(C)C(=O)c1cc3cccnc3cc1OC(F)F)C(=O)Nc1ccccc12. The van der Waals surface area contributed by atoms with E-state index in [9.17, 15) is 23.2 Å². The molecule has 3 aromatic rings. The molecule has 2 aliphatic rings. The van der Waals surface area contributed by atoms with Gasteiger partial charge in [0.25, 0.3) is 11.8 Å². The number of nitrogens with one attached hydrogen (secondary N) is 1. The Balaban J connectivity index is 1.50. The van der Waals surface area contributed by atoms with Crippen LogP contribution < -0.4 is 10.1 Å². The first-order valence-electron chi connectivity index (χ1n) is 13.2. The van der Waals surface area contributed by atoms with Crippen LogP contribution in [0.5, 0.6) is 5.75 Å². The number of amides is 3. The van der Waals surface area contributed by atoms with E-state index in [1.165, 1.54) is 35.2 Å². The van der Waals surface area contributed by atoms with Crippen LogP contribution in [0.15, 0.2) is 54.7 Å². The van der Waals surface area contributed by atoms with Gasteiger partial charge >= 0.3 is 12.8 Å². The molecule has 3 amide bonds. The Morgan fingerprint density at radius 1 is 1.24 bits per heavy atom. The van der Waals surface area contributed by atoms with Gasteiger partial charge in [-0.3, -0.25) is 29.1 Å². The van der Waals surface area contributed by atoms with Gasteiger partial charge in [-0.1, -0.05) is 38.1 Å². The number of pyridine rings is 1. The van der Waals surface area contributed by atoms with Crippen molar-refractivity contribution in [1.82, 2.24) is 14.8 Å². The third kappa shape index (κ3) is 4.94. The van der Waals surface area contributed by atoms with Gasteiger partial charge in [0.05, 0.1) is 17.5 Å². The maximum atomic E-state index is 14.2. The van der Waals surface area contributed by atoms with Crippen molar-refractivity contribution in [1.29, 1.82) is 0 Å². The summed E-state index contributed by atoms with van der Waals surface area (Å²) in [5.74, 6) is -1.83. The maximum Gasteiger partial charge on any atom is 0.387 e. The van der Waals surface area contributed by atoms with Crippen molar-refractivity contribution < 1.29 is 27.9 Å². The van der Waals surface area contributed by atoms with E-state index in [0.717, 1.165) is 5.56 Å². The number of nitrogens with zero attached hydrogens (tertiary/aromatic N) is 4. The molecule has 1 fully saturated rings. The molecule has 3 atom stereocenters. The van der Waals surface area contributed by atoms with E-state index >= 15 is 0 Å². The van der Waals surface area contributed by atoms with Crippen molar-refractivity contribution in [2.75, 3.05) is 18.9 Å². The molecule has 1 saturated heterocycles. The molecule has 5 rings (SSSR count). The maximum absolute atomic E-state index is 14.2. The predicted octanol–water partition coefficient (Wildman–Crippen LogP) is 4.69. The Morgan fingerprint density at radius 3 is 2.71 bits per heavy atom. The van der Waals surface area contributed by atoms with Crippen molar-refractivity contribution in [2.45, 2.75) is 50.9 Å². The molecular formula is C30H29F2N5O4. The van der Waals surface area contributed by atoms with Crippen LogP contribution in [0.2, 0.25) is 0 Å². The largest absolute Gasteiger partial charge is 0.434 e. The van der Waals surface area contributed by atoms with Crippen molar-refractivity contribution in [3.63, 3.8) is 0 Å². The van der Waals surface area contributed by atoms with Crippen molar-refractivity contribution in [3.8, 4) is 5.75 Å². The zero-order valence-electron chi connectivity index (χ0n) is 22.8. The molecule has 2 aromatic carbocycles. The monoisotopic (exact) mass is 561 g/mol. The number of anilines is 1. The summed E-state index contributed by atoms with van der Waals surface area (Å²) < 4.78 is 31.3. The lowest BCUT2D eigenvalue weighted by atomic mass is 9.80. The predicted molar refractivity (Wildman–Crippen MR) is 147 cm³/mol. The number of hydrogen-bond acceptors (Lipinski definition) is 5. The van der Waals surface area contributed by atoms with E-state index < -0.39 is 36.0 Å². The topological polar surface area (TPSA) is 96.2 Å². The highest BCUT2D eigenvalue weighted by atomic mass is 19.3. The highest BCUT2D eigenvalue weighted by molar-refractivity contribution is 6.07. The molecule has 0 bridgehead atoms. The average Bonchev–Trinajstić information content (AvgIpc) is 3.47. The molecular weight excluding hydrogens is 532 g/mol. The lowest BCUT2D eigenvalue weighted by molar-refractivity contribution is -0.136. The van der Waals surface area contributed by atoms with Crippen LogP contribution in [0.4, 0.5) is 14.5 Å². The van der Waals surface area contributed by atoms with Crippen LogP contribution >= 0.6 is 0 Å². The summed E-state index contributed by atoms with van der Waals surface area (Å²) in [5.41, 5.74) is 0.542. The molecule has 2 aliphatic heterocycles. The quantitative estimate of drug-likeness (QED) is 0.423. The fourth-order valence-electron chi connectivity index (χ4n) is 5.81. The zero-order valence-corrected chi connectivity index (χ0v) is 22.8. The number of benzene rings is 2. The number of alkyl halides is 2. The number of halogens is 2. The normalized spacial score (nSPS) is 20.3. The molecule has 0 aliphatic carbocycles. The molecule has 212 valence electrons. The van der Waals surface area contributed by atoms with E-state index in [0.29, 0.717) is 16.6 Å². The van der Waals surface area contributed by atoms with Gasteiger partial charge in [-0.15, -0.1) is 0 Å². The van der Waals surface area contributed by atoms with Crippen molar-refractivity contribution in [2.24, 2.45) is 5.92 Å². The smallest absolute Gasteiger partial charge is 0.387 e. The minimum atomic E-state index is -3.18. The number of likely N-dealkylation sites (N-methyl/N-ethyl adjacent to an activating group) is 1. The second-order valence-corrected chi connectivity index (χ2v) is 10.8. The molecule has 3 heterocycles. The molecule has 41 heavy (non-hydrogen) atoms. The number of carbonyl (C=O) groups is 3. The lowest BCUT2D eigenvalue weighted by Gasteiger charge is -2.32.